The van der Waals surface area contributed by atoms with Crippen molar-refractivity contribution >= 4 is 0 Å². The quantitative estimate of drug-likeness (QED) is 0.739. The monoisotopic (exact) mass is 376 g/mol. The summed E-state index contributed by atoms with van der Waals surface area (Å²) in [5.41, 5.74) is 5.43. The van der Waals surface area contributed by atoms with Crippen molar-refractivity contribution in [1.29, 1.82) is 0 Å². The van der Waals surface area contributed by atoms with Gasteiger partial charge in [-0.05, 0) is 46.9 Å². The number of ether oxygens (including phenoxy) is 2. The van der Waals surface area contributed by atoms with Gasteiger partial charge in [-0.15, -0.1) is 0 Å². The fourth-order valence-corrected chi connectivity index (χ4v) is 3.85. The molecule has 1 aromatic heterocycles. The third kappa shape index (κ3) is 3.53. The SMILES string of the molecule is COc1cc(CN2CCc3cc[nH]c(=O)c3C2)c(-c2ccccc2)cc1OC. The lowest BCUT2D eigenvalue weighted by molar-refractivity contribution is 0.244. The molecule has 4 rings (SSSR count). The van der Waals surface area contributed by atoms with Crippen molar-refractivity contribution in [3.8, 4) is 22.6 Å². The summed E-state index contributed by atoms with van der Waals surface area (Å²) in [5.74, 6) is 1.43. The summed E-state index contributed by atoms with van der Waals surface area (Å²) in [6, 6.07) is 16.4. The second-order valence-electron chi connectivity index (χ2n) is 7.00. The van der Waals surface area contributed by atoms with Crippen LogP contribution in [0.5, 0.6) is 11.5 Å². The lowest BCUT2D eigenvalue weighted by Crippen LogP contribution is -2.34. The van der Waals surface area contributed by atoms with E-state index in [2.05, 4.69) is 22.0 Å². The Labute approximate surface area is 164 Å². The summed E-state index contributed by atoms with van der Waals surface area (Å²) in [7, 11) is 3.31. The molecular formula is C23H24N2O3. The molecule has 0 saturated heterocycles. The number of aromatic nitrogens is 1. The maximum Gasteiger partial charge on any atom is 0.252 e. The van der Waals surface area contributed by atoms with Crippen LogP contribution in [0.3, 0.4) is 0 Å². The van der Waals surface area contributed by atoms with Crippen LogP contribution in [0.25, 0.3) is 11.1 Å². The maximum atomic E-state index is 12.2. The van der Waals surface area contributed by atoms with Gasteiger partial charge in [0.2, 0.25) is 0 Å². The van der Waals surface area contributed by atoms with Crippen LogP contribution in [0.2, 0.25) is 0 Å². The first-order chi connectivity index (χ1) is 13.7. The average molecular weight is 376 g/mol. The van der Waals surface area contributed by atoms with Crippen LogP contribution in [0, 0.1) is 0 Å². The van der Waals surface area contributed by atoms with Gasteiger partial charge in [-0.3, -0.25) is 9.69 Å². The Morgan fingerprint density at radius 3 is 2.54 bits per heavy atom. The molecule has 3 aromatic rings. The highest BCUT2D eigenvalue weighted by Crippen LogP contribution is 2.36. The van der Waals surface area contributed by atoms with Crippen LogP contribution in [0.4, 0.5) is 0 Å². The van der Waals surface area contributed by atoms with Crippen LogP contribution >= 0.6 is 0 Å². The zero-order chi connectivity index (χ0) is 19.5. The van der Waals surface area contributed by atoms with E-state index in [0.29, 0.717) is 18.0 Å². The summed E-state index contributed by atoms with van der Waals surface area (Å²) < 4.78 is 11.1. The molecule has 5 nitrogen and oxygen atoms in total. The molecule has 0 unspecified atom stereocenters. The molecule has 2 heterocycles. The van der Waals surface area contributed by atoms with Gasteiger partial charge < -0.3 is 14.5 Å². The molecule has 0 aliphatic carbocycles. The van der Waals surface area contributed by atoms with E-state index in [1.165, 1.54) is 0 Å². The highest BCUT2D eigenvalue weighted by molar-refractivity contribution is 5.71. The number of H-pyrrole nitrogens is 1. The van der Waals surface area contributed by atoms with Crippen LogP contribution in [-0.2, 0) is 19.5 Å². The molecule has 0 fully saturated rings. The molecule has 0 atom stereocenters. The fraction of sp³-hybridized carbons (Fsp3) is 0.261. The second-order valence-corrected chi connectivity index (χ2v) is 7.00. The normalized spacial score (nSPS) is 13.8. The van der Waals surface area contributed by atoms with Crippen molar-refractivity contribution in [2.75, 3.05) is 20.8 Å². The zero-order valence-corrected chi connectivity index (χ0v) is 16.2. The first kappa shape index (κ1) is 18.3. The topological polar surface area (TPSA) is 54.6 Å². The molecule has 1 aliphatic heterocycles. The third-order valence-electron chi connectivity index (χ3n) is 5.33. The predicted molar refractivity (Wildman–Crippen MR) is 110 cm³/mol. The highest BCUT2D eigenvalue weighted by atomic mass is 16.5. The Morgan fingerprint density at radius 2 is 1.79 bits per heavy atom. The van der Waals surface area contributed by atoms with Crippen LogP contribution in [-0.4, -0.2) is 30.6 Å². The Balaban J connectivity index is 1.71. The number of hydrogen-bond acceptors (Lipinski definition) is 4. The van der Waals surface area contributed by atoms with Crippen molar-refractivity contribution in [2.45, 2.75) is 19.5 Å². The van der Waals surface area contributed by atoms with Gasteiger partial charge in [0.25, 0.3) is 5.56 Å². The molecule has 28 heavy (non-hydrogen) atoms. The molecule has 0 bridgehead atoms. The van der Waals surface area contributed by atoms with Gasteiger partial charge in [-0.25, -0.2) is 0 Å². The second kappa shape index (κ2) is 7.90. The minimum Gasteiger partial charge on any atom is -0.493 e. The molecule has 0 spiro atoms. The standard InChI is InChI=1S/C23H24N2O3/c1-27-21-12-18(19(13-22(21)28-2)16-6-4-3-5-7-16)14-25-11-9-17-8-10-24-23(26)20(17)15-25/h3-8,10,12-13H,9,11,14-15H2,1-2H3,(H,24,26). The molecule has 1 aliphatic rings. The summed E-state index contributed by atoms with van der Waals surface area (Å²) in [4.78, 5) is 17.3. The zero-order valence-electron chi connectivity index (χ0n) is 16.2. The van der Waals surface area contributed by atoms with Gasteiger partial charge in [-0.1, -0.05) is 30.3 Å². The molecular weight excluding hydrogens is 352 g/mol. The van der Waals surface area contributed by atoms with Crippen LogP contribution < -0.4 is 15.0 Å². The molecule has 2 aromatic carbocycles. The predicted octanol–water partition coefficient (Wildman–Crippen LogP) is 3.62. The Hall–Kier alpha value is -3.05. The molecule has 5 heteroatoms. The first-order valence-electron chi connectivity index (χ1n) is 9.41. The number of nitrogens with one attached hydrogen (secondary N) is 1. The largest absolute Gasteiger partial charge is 0.493 e. The average Bonchev–Trinajstić information content (AvgIpc) is 2.74. The van der Waals surface area contributed by atoms with Crippen LogP contribution in [0.15, 0.2) is 59.5 Å². The lowest BCUT2D eigenvalue weighted by Gasteiger charge is -2.29. The Morgan fingerprint density at radius 1 is 1.04 bits per heavy atom. The third-order valence-corrected chi connectivity index (χ3v) is 5.33. The Kier molecular flexibility index (Phi) is 5.17. The summed E-state index contributed by atoms with van der Waals surface area (Å²) in [6.45, 7) is 2.30. The van der Waals surface area contributed by atoms with E-state index in [9.17, 15) is 4.79 Å². The Bertz CT molecular complexity index is 1030. The number of benzene rings is 2. The summed E-state index contributed by atoms with van der Waals surface area (Å²) >= 11 is 0. The van der Waals surface area contributed by atoms with Gasteiger partial charge >= 0.3 is 0 Å². The van der Waals surface area contributed by atoms with Crippen molar-refractivity contribution in [3.63, 3.8) is 0 Å². The van der Waals surface area contributed by atoms with Crippen molar-refractivity contribution in [3.05, 3.63) is 81.8 Å². The number of methoxy groups -OCH3 is 2. The minimum atomic E-state index is 0.0118. The van der Waals surface area contributed by atoms with Gasteiger partial charge in [0.1, 0.15) is 0 Å². The number of pyridine rings is 1. The molecule has 0 radical (unpaired) electrons. The summed E-state index contributed by atoms with van der Waals surface area (Å²) in [5, 5.41) is 0. The maximum absolute atomic E-state index is 12.2. The number of aromatic amines is 1. The van der Waals surface area contributed by atoms with Gasteiger partial charge in [0.05, 0.1) is 14.2 Å². The van der Waals surface area contributed by atoms with E-state index in [0.717, 1.165) is 47.3 Å². The van der Waals surface area contributed by atoms with Crippen LogP contribution in [0.1, 0.15) is 16.7 Å². The molecule has 0 saturated carbocycles. The lowest BCUT2D eigenvalue weighted by atomic mass is 9.96. The van der Waals surface area contributed by atoms with Crippen molar-refractivity contribution in [1.82, 2.24) is 9.88 Å². The van der Waals surface area contributed by atoms with E-state index < -0.39 is 0 Å². The first-order valence-corrected chi connectivity index (χ1v) is 9.41. The molecule has 1 N–H and O–H groups in total. The van der Waals surface area contributed by atoms with E-state index in [4.69, 9.17) is 9.47 Å². The number of hydrogen-bond donors (Lipinski definition) is 1. The summed E-state index contributed by atoms with van der Waals surface area (Å²) in [6.07, 6.45) is 2.62. The van der Waals surface area contributed by atoms with Gasteiger partial charge in [0.15, 0.2) is 11.5 Å². The van der Waals surface area contributed by atoms with E-state index in [1.807, 2.05) is 36.4 Å². The number of nitrogens with zero attached hydrogens (tertiary/aromatic N) is 1. The van der Waals surface area contributed by atoms with Gasteiger partial charge in [-0.2, -0.15) is 0 Å². The number of fused-ring (bicyclic) bond motifs is 1. The highest BCUT2D eigenvalue weighted by Gasteiger charge is 2.21. The van der Waals surface area contributed by atoms with E-state index in [1.54, 1.807) is 20.4 Å². The van der Waals surface area contributed by atoms with Crippen molar-refractivity contribution < 1.29 is 9.47 Å². The molecule has 0 amide bonds. The minimum absolute atomic E-state index is 0.0118. The smallest absolute Gasteiger partial charge is 0.252 e. The number of rotatable bonds is 5. The van der Waals surface area contributed by atoms with E-state index >= 15 is 0 Å². The van der Waals surface area contributed by atoms with E-state index in [-0.39, 0.29) is 5.56 Å². The van der Waals surface area contributed by atoms with Crippen molar-refractivity contribution in [2.24, 2.45) is 0 Å². The van der Waals surface area contributed by atoms with Gasteiger partial charge in [0, 0.05) is 31.4 Å². The fourth-order valence-electron chi connectivity index (χ4n) is 3.85. The molecule has 144 valence electrons.